The van der Waals surface area contributed by atoms with Crippen LogP contribution in [0.3, 0.4) is 0 Å². The molecule has 1 atom stereocenters. The van der Waals surface area contributed by atoms with Gasteiger partial charge in [0, 0.05) is 30.7 Å². The Balaban J connectivity index is 1.62. The van der Waals surface area contributed by atoms with Gasteiger partial charge in [0.05, 0.1) is 23.7 Å². The van der Waals surface area contributed by atoms with Crippen molar-refractivity contribution in [1.82, 2.24) is 14.8 Å². The van der Waals surface area contributed by atoms with Crippen molar-refractivity contribution in [2.45, 2.75) is 19.4 Å². The van der Waals surface area contributed by atoms with E-state index in [0.717, 1.165) is 28.2 Å². The lowest BCUT2D eigenvalue weighted by atomic mass is 9.98. The average molecular weight is 396 g/mol. The van der Waals surface area contributed by atoms with Gasteiger partial charge in [-0.25, -0.2) is 9.69 Å². The van der Waals surface area contributed by atoms with Gasteiger partial charge in [-0.15, -0.1) is 0 Å². The minimum Gasteiger partial charge on any atom is -0.463 e. The molecule has 3 heterocycles. The molecule has 4 aromatic rings. The molecule has 2 aromatic carbocycles. The second-order valence-corrected chi connectivity index (χ2v) is 7.19. The van der Waals surface area contributed by atoms with E-state index in [4.69, 9.17) is 9.52 Å². The molecule has 1 aliphatic rings. The summed E-state index contributed by atoms with van der Waals surface area (Å²) in [6.45, 7) is 1.53. The first kappa shape index (κ1) is 18.1. The number of para-hydroxylation sites is 1. The van der Waals surface area contributed by atoms with Crippen LogP contribution in [-0.2, 0) is 4.79 Å². The van der Waals surface area contributed by atoms with E-state index in [1.54, 1.807) is 6.26 Å². The smallest absolute Gasteiger partial charge is 0.240 e. The van der Waals surface area contributed by atoms with E-state index in [0.29, 0.717) is 12.2 Å². The predicted molar refractivity (Wildman–Crippen MR) is 114 cm³/mol. The Bertz CT molecular complexity index is 1190. The molecule has 0 aliphatic carbocycles. The van der Waals surface area contributed by atoms with Crippen molar-refractivity contribution in [3.8, 4) is 16.9 Å². The maximum Gasteiger partial charge on any atom is 0.240 e. The third-order valence-corrected chi connectivity index (χ3v) is 5.21. The number of benzene rings is 2. The van der Waals surface area contributed by atoms with Crippen molar-refractivity contribution in [2.75, 3.05) is 0 Å². The Labute approximate surface area is 174 Å². The summed E-state index contributed by atoms with van der Waals surface area (Å²) in [6.07, 6.45) is 4.18. The zero-order valence-corrected chi connectivity index (χ0v) is 16.5. The summed E-state index contributed by atoms with van der Waals surface area (Å²) in [7, 11) is 0. The number of furan rings is 1. The highest BCUT2D eigenvalue weighted by Gasteiger charge is 2.35. The van der Waals surface area contributed by atoms with Crippen molar-refractivity contribution in [1.29, 1.82) is 0 Å². The van der Waals surface area contributed by atoms with Crippen LogP contribution in [0.25, 0.3) is 16.9 Å². The monoisotopic (exact) mass is 396 g/mol. The van der Waals surface area contributed by atoms with E-state index in [2.05, 4.69) is 5.10 Å². The van der Waals surface area contributed by atoms with Crippen LogP contribution in [0, 0.1) is 0 Å². The van der Waals surface area contributed by atoms with Gasteiger partial charge in [0.1, 0.15) is 11.5 Å². The van der Waals surface area contributed by atoms with Gasteiger partial charge in [-0.1, -0.05) is 48.5 Å². The zero-order chi connectivity index (χ0) is 20.5. The number of carbonyl (C=O) groups is 1. The fraction of sp³-hybridized carbons (Fsp3) is 0.125. The molecule has 6 nitrogen and oxygen atoms in total. The van der Waals surface area contributed by atoms with Gasteiger partial charge in [-0.2, -0.15) is 10.2 Å². The van der Waals surface area contributed by atoms with Crippen LogP contribution in [0.2, 0.25) is 0 Å². The first-order chi connectivity index (χ1) is 14.7. The Kier molecular flexibility index (Phi) is 4.52. The van der Waals surface area contributed by atoms with Crippen molar-refractivity contribution < 1.29 is 9.21 Å². The van der Waals surface area contributed by atoms with Crippen LogP contribution in [0.15, 0.2) is 94.8 Å². The maximum absolute atomic E-state index is 12.4. The van der Waals surface area contributed by atoms with Gasteiger partial charge in [0.15, 0.2) is 0 Å². The van der Waals surface area contributed by atoms with Gasteiger partial charge < -0.3 is 4.42 Å². The topological polar surface area (TPSA) is 63.6 Å². The molecule has 0 fully saturated rings. The van der Waals surface area contributed by atoms with Crippen LogP contribution >= 0.6 is 0 Å². The van der Waals surface area contributed by atoms with Crippen molar-refractivity contribution in [3.05, 3.63) is 96.6 Å². The number of hydrogen-bond donors (Lipinski definition) is 0. The minimum atomic E-state index is -0.254. The number of amides is 1. The highest BCUT2D eigenvalue weighted by molar-refractivity contribution is 6.01. The maximum atomic E-state index is 12.4. The first-order valence-corrected chi connectivity index (χ1v) is 9.82. The highest BCUT2D eigenvalue weighted by Crippen LogP contribution is 2.38. The van der Waals surface area contributed by atoms with Crippen LogP contribution in [0.4, 0.5) is 0 Å². The van der Waals surface area contributed by atoms with E-state index in [1.807, 2.05) is 83.7 Å². The highest BCUT2D eigenvalue weighted by atomic mass is 16.3. The molecular formula is C24H20N4O2. The minimum absolute atomic E-state index is 0.118. The molecule has 6 heteroatoms. The summed E-state index contributed by atoms with van der Waals surface area (Å²) in [5, 5.41) is 11.0. The quantitative estimate of drug-likeness (QED) is 0.496. The number of nitrogens with zero attached hydrogens (tertiary/aromatic N) is 4. The second-order valence-electron chi connectivity index (χ2n) is 7.19. The standard InChI is InChI=1S/C24H20N4O2/c1-17(29)28-22(15-21(25-28)23-13-8-14-30-23)20-16-27(19-11-6-3-7-12-19)26-24(20)18-9-4-2-5-10-18/h2-14,16,22H,15H2,1H3. The molecule has 148 valence electrons. The van der Waals surface area contributed by atoms with Crippen LogP contribution < -0.4 is 0 Å². The first-order valence-electron chi connectivity index (χ1n) is 9.82. The van der Waals surface area contributed by atoms with Crippen LogP contribution in [0.1, 0.15) is 30.7 Å². The van der Waals surface area contributed by atoms with Gasteiger partial charge in [-0.3, -0.25) is 4.79 Å². The third-order valence-electron chi connectivity index (χ3n) is 5.21. The normalized spacial score (nSPS) is 16.0. The van der Waals surface area contributed by atoms with Crippen molar-refractivity contribution in [2.24, 2.45) is 5.10 Å². The second kappa shape index (κ2) is 7.48. The molecular weight excluding hydrogens is 376 g/mol. The largest absolute Gasteiger partial charge is 0.463 e. The van der Waals surface area contributed by atoms with E-state index < -0.39 is 0 Å². The number of hydrazone groups is 1. The third kappa shape index (κ3) is 3.22. The summed E-state index contributed by atoms with van der Waals surface area (Å²) in [6, 6.07) is 23.4. The molecule has 1 unspecified atom stereocenters. The van der Waals surface area contributed by atoms with E-state index >= 15 is 0 Å². The Morgan fingerprint density at radius 3 is 2.40 bits per heavy atom. The molecule has 1 amide bonds. The van der Waals surface area contributed by atoms with Crippen molar-refractivity contribution in [3.63, 3.8) is 0 Å². The van der Waals surface area contributed by atoms with Gasteiger partial charge in [0.25, 0.3) is 0 Å². The molecule has 30 heavy (non-hydrogen) atoms. The summed E-state index contributed by atoms with van der Waals surface area (Å²) in [5.41, 5.74) is 4.50. The van der Waals surface area contributed by atoms with Crippen molar-refractivity contribution >= 4 is 11.6 Å². The molecule has 0 radical (unpaired) electrons. The van der Waals surface area contributed by atoms with E-state index in [-0.39, 0.29) is 11.9 Å². The van der Waals surface area contributed by atoms with E-state index in [1.165, 1.54) is 11.9 Å². The summed E-state index contributed by atoms with van der Waals surface area (Å²) >= 11 is 0. The van der Waals surface area contributed by atoms with Crippen LogP contribution in [-0.4, -0.2) is 26.4 Å². The summed E-state index contributed by atoms with van der Waals surface area (Å²) < 4.78 is 7.39. The number of rotatable bonds is 4. The summed E-state index contributed by atoms with van der Waals surface area (Å²) in [5.74, 6) is 0.563. The predicted octanol–water partition coefficient (Wildman–Crippen LogP) is 4.83. The molecule has 0 N–H and O–H groups in total. The SMILES string of the molecule is CC(=O)N1N=C(c2ccco2)CC1c1cn(-c2ccccc2)nc1-c1ccccc1. The Morgan fingerprint density at radius 1 is 1.00 bits per heavy atom. The molecule has 1 aliphatic heterocycles. The van der Waals surface area contributed by atoms with Gasteiger partial charge in [0.2, 0.25) is 5.91 Å². The van der Waals surface area contributed by atoms with Crippen LogP contribution in [0.5, 0.6) is 0 Å². The molecule has 0 bridgehead atoms. The fourth-order valence-electron chi connectivity index (χ4n) is 3.80. The lowest BCUT2D eigenvalue weighted by molar-refractivity contribution is -0.130. The summed E-state index contributed by atoms with van der Waals surface area (Å²) in [4.78, 5) is 12.4. The number of hydrogen-bond acceptors (Lipinski definition) is 4. The number of carbonyl (C=O) groups excluding carboxylic acids is 1. The lowest BCUT2D eigenvalue weighted by Crippen LogP contribution is -2.24. The zero-order valence-electron chi connectivity index (χ0n) is 16.5. The van der Waals surface area contributed by atoms with Gasteiger partial charge >= 0.3 is 0 Å². The van der Waals surface area contributed by atoms with E-state index in [9.17, 15) is 4.79 Å². The molecule has 2 aromatic heterocycles. The lowest BCUT2D eigenvalue weighted by Gasteiger charge is -2.20. The molecule has 0 saturated heterocycles. The number of aromatic nitrogens is 2. The Hall–Kier alpha value is -3.93. The van der Waals surface area contributed by atoms with Gasteiger partial charge in [-0.05, 0) is 24.3 Å². The molecule has 0 spiro atoms. The Morgan fingerprint density at radius 2 is 1.73 bits per heavy atom. The fourth-order valence-corrected chi connectivity index (χ4v) is 3.80. The molecule has 0 saturated carbocycles. The average Bonchev–Trinajstić information content (AvgIpc) is 3.53. The molecule has 5 rings (SSSR count).